The third kappa shape index (κ3) is 3.47. The van der Waals surface area contributed by atoms with Crippen molar-refractivity contribution >= 4 is 23.3 Å². The van der Waals surface area contributed by atoms with Gasteiger partial charge in [0.05, 0.1) is 17.6 Å². The van der Waals surface area contributed by atoms with Crippen LogP contribution in [0.3, 0.4) is 0 Å². The number of hydrogen-bond donors (Lipinski definition) is 0. The molecule has 0 atom stereocenters. The number of nitro groups is 1. The summed E-state index contributed by atoms with van der Waals surface area (Å²) in [6, 6.07) is 3.86. The first-order valence-corrected chi connectivity index (χ1v) is 5.55. The van der Waals surface area contributed by atoms with Crippen LogP contribution >= 0.6 is 11.6 Å². The Labute approximate surface area is 109 Å². The summed E-state index contributed by atoms with van der Waals surface area (Å²) in [5, 5.41) is 10.6. The number of rotatable bonds is 3. The summed E-state index contributed by atoms with van der Waals surface area (Å²) in [5.74, 6) is 5.22. The Bertz CT molecular complexity index is 531. The number of esters is 1. The summed E-state index contributed by atoms with van der Waals surface area (Å²) in [5.41, 5.74) is 0.282. The number of alkyl halides is 1. The molecule has 0 N–H and O–H groups in total. The number of halogens is 1. The first kappa shape index (κ1) is 14.0. The van der Waals surface area contributed by atoms with Crippen LogP contribution in [-0.4, -0.2) is 23.9 Å². The van der Waals surface area contributed by atoms with E-state index in [1.54, 1.807) is 0 Å². The molecule has 0 radical (unpaired) electrons. The van der Waals surface area contributed by atoms with E-state index in [0.717, 1.165) is 6.07 Å². The Kier molecular flexibility index (Phi) is 5.15. The molecule has 1 aromatic carbocycles. The molecule has 0 saturated heterocycles. The Balaban J connectivity index is 3.22. The number of ether oxygens (including phenoxy) is 1. The van der Waals surface area contributed by atoms with E-state index in [-0.39, 0.29) is 11.3 Å². The number of hydrogen-bond acceptors (Lipinski definition) is 4. The molecule has 0 heterocycles. The van der Waals surface area contributed by atoms with Gasteiger partial charge in [-0.2, -0.15) is 0 Å². The molecule has 0 aliphatic heterocycles. The molecule has 1 aromatic rings. The molecule has 0 unspecified atom stereocenters. The average molecular weight is 268 g/mol. The molecule has 0 fully saturated rings. The SMILES string of the molecule is COC(=O)c1cc([N+](=O)[O-])ccc1C#CCCCl. The van der Waals surface area contributed by atoms with Crippen LogP contribution in [0.15, 0.2) is 18.2 Å². The van der Waals surface area contributed by atoms with Crippen molar-refractivity contribution < 1.29 is 14.5 Å². The molecule has 0 bridgehead atoms. The quantitative estimate of drug-likeness (QED) is 0.277. The molecule has 94 valence electrons. The molecule has 0 aliphatic rings. The van der Waals surface area contributed by atoms with E-state index in [2.05, 4.69) is 16.6 Å². The summed E-state index contributed by atoms with van der Waals surface area (Å²) >= 11 is 5.48. The lowest BCUT2D eigenvalue weighted by molar-refractivity contribution is -0.384. The molecule has 18 heavy (non-hydrogen) atoms. The Morgan fingerprint density at radius 3 is 2.83 bits per heavy atom. The van der Waals surface area contributed by atoms with E-state index in [1.807, 2.05) is 0 Å². The fraction of sp³-hybridized carbons (Fsp3) is 0.250. The van der Waals surface area contributed by atoms with Crippen LogP contribution < -0.4 is 0 Å². The van der Waals surface area contributed by atoms with Gasteiger partial charge in [0.25, 0.3) is 5.69 Å². The van der Waals surface area contributed by atoms with Gasteiger partial charge in [0, 0.05) is 30.0 Å². The largest absolute Gasteiger partial charge is 0.465 e. The van der Waals surface area contributed by atoms with Crippen LogP contribution in [-0.2, 0) is 4.74 Å². The summed E-state index contributed by atoms with van der Waals surface area (Å²) in [6.07, 6.45) is 0.471. The standard InChI is InChI=1S/C12H10ClNO4/c1-18-12(15)11-8-10(14(16)17)6-5-9(11)4-2-3-7-13/h5-6,8H,3,7H2,1H3. The second-order valence-corrected chi connectivity index (χ2v) is 3.60. The average Bonchev–Trinajstić information content (AvgIpc) is 2.38. The van der Waals surface area contributed by atoms with Crippen molar-refractivity contribution in [3.05, 3.63) is 39.4 Å². The Morgan fingerprint density at radius 2 is 2.28 bits per heavy atom. The Morgan fingerprint density at radius 1 is 1.56 bits per heavy atom. The van der Waals surface area contributed by atoms with E-state index < -0.39 is 10.9 Å². The van der Waals surface area contributed by atoms with Gasteiger partial charge in [0.1, 0.15) is 0 Å². The van der Waals surface area contributed by atoms with Gasteiger partial charge in [-0.1, -0.05) is 11.8 Å². The minimum absolute atomic E-state index is 0.0776. The molecule has 5 nitrogen and oxygen atoms in total. The Hall–Kier alpha value is -2.06. The highest BCUT2D eigenvalue weighted by Gasteiger charge is 2.16. The lowest BCUT2D eigenvalue weighted by atomic mass is 10.1. The number of nitrogens with zero attached hydrogens (tertiary/aromatic N) is 1. The van der Waals surface area contributed by atoms with Crippen molar-refractivity contribution in [3.63, 3.8) is 0 Å². The van der Waals surface area contributed by atoms with Crippen molar-refractivity contribution in [2.24, 2.45) is 0 Å². The lowest BCUT2D eigenvalue weighted by Crippen LogP contribution is -2.05. The predicted molar refractivity (Wildman–Crippen MR) is 66.7 cm³/mol. The minimum Gasteiger partial charge on any atom is -0.465 e. The highest BCUT2D eigenvalue weighted by atomic mass is 35.5. The number of carbonyl (C=O) groups is 1. The van der Waals surface area contributed by atoms with Crippen LogP contribution in [0.25, 0.3) is 0 Å². The van der Waals surface area contributed by atoms with E-state index in [0.29, 0.717) is 17.9 Å². The first-order chi connectivity index (χ1) is 8.60. The molecule has 1 rings (SSSR count). The molecule has 0 saturated carbocycles. The second kappa shape index (κ2) is 6.62. The van der Waals surface area contributed by atoms with Gasteiger partial charge >= 0.3 is 5.97 Å². The van der Waals surface area contributed by atoms with Crippen molar-refractivity contribution in [2.45, 2.75) is 6.42 Å². The van der Waals surface area contributed by atoms with Gasteiger partial charge < -0.3 is 4.74 Å². The number of nitro benzene ring substituents is 1. The maximum atomic E-state index is 11.5. The molecular weight excluding hydrogens is 258 g/mol. The van der Waals surface area contributed by atoms with Crippen molar-refractivity contribution in [2.75, 3.05) is 13.0 Å². The van der Waals surface area contributed by atoms with Crippen molar-refractivity contribution in [1.82, 2.24) is 0 Å². The van der Waals surface area contributed by atoms with Gasteiger partial charge in [0.15, 0.2) is 0 Å². The van der Waals surface area contributed by atoms with E-state index >= 15 is 0 Å². The first-order valence-electron chi connectivity index (χ1n) is 5.01. The number of methoxy groups -OCH3 is 1. The summed E-state index contributed by atoms with van der Waals surface area (Å²) in [6.45, 7) is 0. The fourth-order valence-electron chi connectivity index (χ4n) is 1.24. The fourth-order valence-corrected chi connectivity index (χ4v) is 1.33. The normalized spacial score (nSPS) is 9.22. The van der Waals surface area contributed by atoms with Crippen molar-refractivity contribution in [3.8, 4) is 11.8 Å². The lowest BCUT2D eigenvalue weighted by Gasteiger charge is -2.02. The van der Waals surface area contributed by atoms with Crippen LogP contribution in [0.1, 0.15) is 22.3 Å². The minimum atomic E-state index is -0.658. The van der Waals surface area contributed by atoms with E-state index in [9.17, 15) is 14.9 Å². The number of non-ortho nitro benzene ring substituents is 1. The topological polar surface area (TPSA) is 69.4 Å². The van der Waals surface area contributed by atoms with Crippen molar-refractivity contribution in [1.29, 1.82) is 0 Å². The third-order valence-electron chi connectivity index (χ3n) is 2.06. The number of benzene rings is 1. The summed E-state index contributed by atoms with van der Waals surface area (Å²) in [7, 11) is 1.21. The molecule has 0 aromatic heterocycles. The summed E-state index contributed by atoms with van der Waals surface area (Å²) < 4.78 is 4.56. The third-order valence-corrected chi connectivity index (χ3v) is 2.25. The zero-order chi connectivity index (χ0) is 13.5. The van der Waals surface area contributed by atoms with Gasteiger partial charge in [-0.3, -0.25) is 10.1 Å². The predicted octanol–water partition coefficient (Wildman–Crippen LogP) is 2.36. The zero-order valence-electron chi connectivity index (χ0n) is 9.60. The molecule has 0 spiro atoms. The highest BCUT2D eigenvalue weighted by molar-refractivity contribution is 6.18. The highest BCUT2D eigenvalue weighted by Crippen LogP contribution is 2.18. The van der Waals surface area contributed by atoms with Gasteiger partial charge in [-0.05, 0) is 6.07 Å². The van der Waals surface area contributed by atoms with Crippen LogP contribution in [0.4, 0.5) is 5.69 Å². The van der Waals surface area contributed by atoms with E-state index in [4.69, 9.17) is 11.6 Å². The summed E-state index contributed by atoms with van der Waals surface area (Å²) in [4.78, 5) is 21.6. The second-order valence-electron chi connectivity index (χ2n) is 3.22. The number of carbonyl (C=O) groups excluding carboxylic acids is 1. The van der Waals surface area contributed by atoms with Gasteiger partial charge in [-0.25, -0.2) is 4.79 Å². The smallest absolute Gasteiger partial charge is 0.339 e. The molecular formula is C12H10ClNO4. The van der Waals surface area contributed by atoms with Gasteiger partial charge in [-0.15, -0.1) is 11.6 Å². The maximum Gasteiger partial charge on any atom is 0.339 e. The molecule has 6 heteroatoms. The monoisotopic (exact) mass is 267 g/mol. The molecule has 0 amide bonds. The molecule has 0 aliphatic carbocycles. The van der Waals surface area contributed by atoms with Crippen LogP contribution in [0, 0.1) is 22.0 Å². The van der Waals surface area contributed by atoms with Crippen LogP contribution in [0.2, 0.25) is 0 Å². The van der Waals surface area contributed by atoms with E-state index in [1.165, 1.54) is 19.2 Å². The zero-order valence-corrected chi connectivity index (χ0v) is 10.4. The maximum absolute atomic E-state index is 11.5. The van der Waals surface area contributed by atoms with Crippen LogP contribution in [0.5, 0.6) is 0 Å². The van der Waals surface area contributed by atoms with Gasteiger partial charge in [0.2, 0.25) is 0 Å².